The zero-order valence-corrected chi connectivity index (χ0v) is 15.4. The molecule has 0 saturated carbocycles. The van der Waals surface area contributed by atoms with Crippen molar-refractivity contribution < 1.29 is 27.2 Å². The van der Waals surface area contributed by atoms with E-state index in [1.807, 2.05) is 4.90 Å². The molecule has 2 bridgehead atoms. The molecule has 0 N–H and O–H groups in total. The lowest BCUT2D eigenvalue weighted by Crippen LogP contribution is -2.48. The number of carbonyl (C=O) groups is 1. The van der Waals surface area contributed by atoms with E-state index in [4.69, 9.17) is 9.26 Å². The van der Waals surface area contributed by atoms with Gasteiger partial charge in [-0.2, -0.15) is 13.2 Å². The summed E-state index contributed by atoms with van der Waals surface area (Å²) in [6, 6.07) is 6.98. The van der Waals surface area contributed by atoms with Crippen LogP contribution in [0.2, 0.25) is 0 Å². The Morgan fingerprint density at radius 1 is 1.25 bits per heavy atom. The van der Waals surface area contributed by atoms with E-state index in [9.17, 15) is 18.0 Å². The third kappa shape index (κ3) is 3.78. The lowest BCUT2D eigenvalue weighted by molar-refractivity contribution is -0.137. The number of nitrogens with zero attached hydrogens (tertiary/aromatic N) is 2. The van der Waals surface area contributed by atoms with Gasteiger partial charge in [-0.25, -0.2) is 0 Å². The number of carbonyl (C=O) groups excluding carboxylic acids is 1. The summed E-state index contributed by atoms with van der Waals surface area (Å²) in [7, 11) is 0. The molecule has 1 aromatic heterocycles. The molecule has 2 saturated heterocycles. The van der Waals surface area contributed by atoms with E-state index >= 15 is 0 Å². The van der Waals surface area contributed by atoms with Crippen molar-refractivity contribution in [3.63, 3.8) is 0 Å². The van der Waals surface area contributed by atoms with Gasteiger partial charge in [0, 0.05) is 18.2 Å². The number of halogens is 3. The van der Waals surface area contributed by atoms with Crippen molar-refractivity contribution in [1.82, 2.24) is 10.1 Å². The minimum atomic E-state index is -4.36. The molecule has 8 heteroatoms. The van der Waals surface area contributed by atoms with Gasteiger partial charge in [-0.15, -0.1) is 0 Å². The van der Waals surface area contributed by atoms with Crippen LogP contribution >= 0.6 is 0 Å². The number of fused-ring (bicyclic) bond motifs is 2. The van der Waals surface area contributed by atoms with Crippen molar-refractivity contribution in [3.05, 3.63) is 52.9 Å². The van der Waals surface area contributed by atoms with E-state index in [-0.39, 0.29) is 30.7 Å². The Kier molecular flexibility index (Phi) is 4.91. The van der Waals surface area contributed by atoms with Crippen molar-refractivity contribution in [2.24, 2.45) is 0 Å². The molecule has 0 aliphatic carbocycles. The van der Waals surface area contributed by atoms with E-state index in [0.717, 1.165) is 25.0 Å². The molecule has 2 aliphatic rings. The third-order valence-electron chi connectivity index (χ3n) is 5.51. The predicted octanol–water partition coefficient (Wildman–Crippen LogP) is 4.35. The number of hydrogen-bond acceptors (Lipinski definition) is 4. The fourth-order valence-electron chi connectivity index (χ4n) is 4.25. The summed E-state index contributed by atoms with van der Waals surface area (Å²) in [5.41, 5.74) is 0.147. The van der Waals surface area contributed by atoms with Crippen LogP contribution < -0.4 is 0 Å². The minimum Gasteiger partial charge on any atom is -0.373 e. The van der Waals surface area contributed by atoms with E-state index < -0.39 is 11.7 Å². The molecule has 0 radical (unpaired) electrons. The van der Waals surface area contributed by atoms with Crippen molar-refractivity contribution in [3.8, 4) is 0 Å². The first-order valence-corrected chi connectivity index (χ1v) is 9.35. The zero-order chi connectivity index (χ0) is 19.9. The van der Waals surface area contributed by atoms with Gasteiger partial charge in [0.1, 0.15) is 5.76 Å². The third-order valence-corrected chi connectivity index (χ3v) is 5.51. The zero-order valence-electron chi connectivity index (χ0n) is 15.4. The molecule has 2 fully saturated rings. The van der Waals surface area contributed by atoms with Crippen molar-refractivity contribution in [2.75, 3.05) is 0 Å². The number of amides is 1. The fourth-order valence-corrected chi connectivity index (χ4v) is 4.25. The van der Waals surface area contributed by atoms with Gasteiger partial charge in [-0.3, -0.25) is 4.79 Å². The highest BCUT2D eigenvalue weighted by Crippen LogP contribution is 2.38. The summed E-state index contributed by atoms with van der Waals surface area (Å²) in [4.78, 5) is 14.6. The van der Waals surface area contributed by atoms with Crippen LogP contribution in [0.25, 0.3) is 0 Å². The second kappa shape index (κ2) is 7.24. The Balaban J connectivity index is 1.38. The standard InChI is InChI=1S/C20H21F3N2O3/c1-12-7-18(24-28-12)19(26)25-15-5-6-16(25)10-17(9-15)27-11-13-3-2-4-14(8-13)20(21,22)23/h2-4,7-8,15-17H,5-6,9-11H2,1H3. The first kappa shape index (κ1) is 19.0. The molecular weight excluding hydrogens is 373 g/mol. The normalized spacial score (nSPS) is 24.6. The second-order valence-electron chi connectivity index (χ2n) is 7.52. The summed E-state index contributed by atoms with van der Waals surface area (Å²) in [6.07, 6.45) is -1.28. The summed E-state index contributed by atoms with van der Waals surface area (Å²) < 4.78 is 49.5. The highest BCUT2D eigenvalue weighted by atomic mass is 19.4. The van der Waals surface area contributed by atoms with Crippen LogP contribution in [-0.2, 0) is 17.5 Å². The lowest BCUT2D eigenvalue weighted by atomic mass is 9.99. The fraction of sp³-hybridized carbons (Fsp3) is 0.500. The first-order valence-electron chi connectivity index (χ1n) is 9.35. The highest BCUT2D eigenvalue weighted by molar-refractivity contribution is 5.93. The van der Waals surface area contributed by atoms with E-state index in [2.05, 4.69) is 5.16 Å². The molecule has 0 spiro atoms. The summed E-state index contributed by atoms with van der Waals surface area (Å²) in [5.74, 6) is 0.468. The SMILES string of the molecule is Cc1cc(C(=O)N2C3CCC2CC(OCc2cccc(C(F)(F)F)c2)C3)no1. The van der Waals surface area contributed by atoms with Crippen LogP contribution in [0.4, 0.5) is 13.2 Å². The molecule has 4 rings (SSSR count). The first-order chi connectivity index (χ1) is 13.3. The van der Waals surface area contributed by atoms with Crippen LogP contribution in [0.3, 0.4) is 0 Å². The highest BCUT2D eigenvalue weighted by Gasteiger charge is 2.44. The predicted molar refractivity (Wildman–Crippen MR) is 93.5 cm³/mol. The second-order valence-corrected chi connectivity index (χ2v) is 7.52. The number of rotatable bonds is 4. The van der Waals surface area contributed by atoms with E-state index in [1.165, 1.54) is 6.07 Å². The van der Waals surface area contributed by atoms with E-state index in [1.54, 1.807) is 19.1 Å². The molecule has 2 unspecified atom stereocenters. The molecule has 2 atom stereocenters. The Morgan fingerprint density at radius 3 is 2.57 bits per heavy atom. The number of alkyl halides is 3. The summed E-state index contributed by atoms with van der Waals surface area (Å²) >= 11 is 0. The number of ether oxygens (including phenoxy) is 1. The molecular formula is C20H21F3N2O3. The number of hydrogen-bond donors (Lipinski definition) is 0. The van der Waals surface area contributed by atoms with Gasteiger partial charge < -0.3 is 14.2 Å². The maximum Gasteiger partial charge on any atom is 0.416 e. The number of aryl methyl sites for hydroxylation is 1. The topological polar surface area (TPSA) is 55.6 Å². The smallest absolute Gasteiger partial charge is 0.373 e. The summed E-state index contributed by atoms with van der Waals surface area (Å²) in [6.45, 7) is 1.87. The Hall–Kier alpha value is -2.35. The molecule has 2 aliphatic heterocycles. The monoisotopic (exact) mass is 394 g/mol. The van der Waals surface area contributed by atoms with Gasteiger partial charge in [-0.1, -0.05) is 17.3 Å². The molecule has 3 heterocycles. The van der Waals surface area contributed by atoms with Gasteiger partial charge in [0.2, 0.25) is 0 Å². The van der Waals surface area contributed by atoms with Crippen LogP contribution in [0.1, 0.15) is 53.1 Å². The Labute approximate surface area is 160 Å². The quantitative estimate of drug-likeness (QED) is 0.774. The van der Waals surface area contributed by atoms with Gasteiger partial charge in [0.05, 0.1) is 18.3 Å². The molecule has 2 aromatic rings. The molecule has 28 heavy (non-hydrogen) atoms. The van der Waals surface area contributed by atoms with Gasteiger partial charge in [0.25, 0.3) is 5.91 Å². The molecule has 1 amide bonds. The number of aromatic nitrogens is 1. The minimum absolute atomic E-state index is 0.0646. The average Bonchev–Trinajstić information content (AvgIpc) is 3.20. The van der Waals surface area contributed by atoms with Crippen LogP contribution in [0.5, 0.6) is 0 Å². The van der Waals surface area contributed by atoms with Gasteiger partial charge in [-0.05, 0) is 50.3 Å². The lowest BCUT2D eigenvalue weighted by Gasteiger charge is -2.38. The average molecular weight is 394 g/mol. The van der Waals surface area contributed by atoms with Gasteiger partial charge >= 0.3 is 6.18 Å². The maximum atomic E-state index is 12.8. The van der Waals surface area contributed by atoms with Gasteiger partial charge in [0.15, 0.2) is 5.69 Å². The van der Waals surface area contributed by atoms with Crippen LogP contribution in [0, 0.1) is 6.92 Å². The number of benzene rings is 1. The number of piperidine rings is 1. The van der Waals surface area contributed by atoms with Crippen molar-refractivity contribution in [2.45, 2.75) is 63.6 Å². The summed E-state index contributed by atoms with van der Waals surface area (Å²) in [5, 5.41) is 3.82. The van der Waals surface area contributed by atoms with Crippen LogP contribution in [-0.4, -0.2) is 34.2 Å². The molecule has 150 valence electrons. The Bertz CT molecular complexity index is 850. The Morgan fingerprint density at radius 2 is 1.96 bits per heavy atom. The maximum absolute atomic E-state index is 12.8. The van der Waals surface area contributed by atoms with Crippen molar-refractivity contribution in [1.29, 1.82) is 0 Å². The van der Waals surface area contributed by atoms with Crippen LogP contribution in [0.15, 0.2) is 34.9 Å². The van der Waals surface area contributed by atoms with Crippen molar-refractivity contribution >= 4 is 5.91 Å². The largest absolute Gasteiger partial charge is 0.416 e. The molecule has 5 nitrogen and oxygen atoms in total. The molecule has 1 aromatic carbocycles. The van der Waals surface area contributed by atoms with E-state index in [0.29, 0.717) is 29.9 Å².